The minimum atomic E-state index is -1.36. The topological polar surface area (TPSA) is 120 Å². The molecule has 0 radical (unpaired) electrons. The van der Waals surface area contributed by atoms with Crippen molar-refractivity contribution >= 4 is 28.9 Å². The van der Waals surface area contributed by atoms with Gasteiger partial charge in [-0.3, -0.25) is 19.3 Å². The first-order chi connectivity index (χ1) is 21.7. The Morgan fingerprint density at radius 1 is 0.826 bits per heavy atom. The summed E-state index contributed by atoms with van der Waals surface area (Å²) in [5.74, 6) is -2.27. The van der Waals surface area contributed by atoms with Crippen LogP contribution in [0.25, 0.3) is 11.0 Å². The number of nitrogens with one attached hydrogen (secondary N) is 1. The van der Waals surface area contributed by atoms with Crippen molar-refractivity contribution in [3.8, 4) is 0 Å². The number of esters is 2. The summed E-state index contributed by atoms with van der Waals surface area (Å²) in [6, 6.07) is 7.41. The van der Waals surface area contributed by atoms with E-state index >= 15 is 0 Å². The standard InChI is InChI=1S/C36H52N4O6/c1-35(2,3)45-30(41)22-28(34(44)46-36(4,5)6)38-32(42)31-33(43)40(29-17-13-12-16-27(29)37-31)26-20-24-18-19-25(21-26)39(24)23-14-10-8-7-9-11-15-23/h12-13,16-17,23-26,28H,7-11,14-15,18-22H2,1-6H3,(H,38,42)/t24-,25+,26+,28?. The van der Waals surface area contributed by atoms with Gasteiger partial charge in [-0.1, -0.05) is 44.2 Å². The average Bonchev–Trinajstić information content (AvgIpc) is 3.18. The molecule has 3 fully saturated rings. The fraction of sp³-hybridized carbons (Fsp3) is 0.694. The lowest BCUT2D eigenvalue weighted by Gasteiger charge is -2.45. The van der Waals surface area contributed by atoms with E-state index in [0.29, 0.717) is 29.2 Å². The molecule has 3 heterocycles. The summed E-state index contributed by atoms with van der Waals surface area (Å²) in [7, 11) is 0. The van der Waals surface area contributed by atoms with E-state index in [1.54, 1.807) is 52.2 Å². The SMILES string of the molecule is CC(C)(C)OC(=O)CC(NC(=O)c1nc2ccccc2n([C@H]2C[C@H]3CC[C@@H](C2)N3C2CCCCCCC2)c1=O)C(=O)OC(C)(C)C. The summed E-state index contributed by atoms with van der Waals surface area (Å²) in [5, 5.41) is 2.60. The van der Waals surface area contributed by atoms with E-state index in [2.05, 4.69) is 15.2 Å². The molecule has 1 aromatic carbocycles. The van der Waals surface area contributed by atoms with Crippen LogP contribution in [0, 0.1) is 0 Å². The second-order valence-electron chi connectivity index (χ2n) is 15.4. The van der Waals surface area contributed by atoms with Gasteiger partial charge in [-0.2, -0.15) is 0 Å². The number of piperidine rings is 1. The zero-order valence-corrected chi connectivity index (χ0v) is 28.5. The summed E-state index contributed by atoms with van der Waals surface area (Å²) in [4.78, 5) is 61.2. The average molecular weight is 637 g/mol. The number of amides is 1. The molecule has 1 saturated carbocycles. The van der Waals surface area contributed by atoms with Crippen molar-refractivity contribution in [2.24, 2.45) is 0 Å². The lowest BCUT2D eigenvalue weighted by atomic mass is 9.89. The molecule has 4 atom stereocenters. The van der Waals surface area contributed by atoms with Crippen LogP contribution in [0.4, 0.5) is 0 Å². The molecule has 5 rings (SSSR count). The third kappa shape index (κ3) is 8.17. The summed E-state index contributed by atoms with van der Waals surface area (Å²) in [5.41, 5.74) is -1.19. The van der Waals surface area contributed by atoms with Gasteiger partial charge >= 0.3 is 11.9 Å². The largest absolute Gasteiger partial charge is 0.460 e. The minimum absolute atomic E-state index is 0.0716. The molecule has 10 heteroatoms. The van der Waals surface area contributed by atoms with Crippen LogP contribution >= 0.6 is 0 Å². The van der Waals surface area contributed by atoms with Gasteiger partial charge in [-0.25, -0.2) is 9.78 Å². The van der Waals surface area contributed by atoms with Gasteiger partial charge in [-0.15, -0.1) is 0 Å². The van der Waals surface area contributed by atoms with Gasteiger partial charge in [0.05, 0.1) is 17.5 Å². The number of aromatic nitrogens is 2. The van der Waals surface area contributed by atoms with Gasteiger partial charge in [0.15, 0.2) is 5.69 Å². The number of rotatable bonds is 7. The molecule has 1 aromatic heterocycles. The Balaban J connectivity index is 1.43. The van der Waals surface area contributed by atoms with Crippen LogP contribution in [0.3, 0.4) is 0 Å². The molecular weight excluding hydrogens is 584 g/mol. The predicted molar refractivity (Wildman–Crippen MR) is 177 cm³/mol. The number of fused-ring (bicyclic) bond motifs is 3. The molecule has 2 bridgehead atoms. The summed E-state index contributed by atoms with van der Waals surface area (Å²) in [6.45, 7) is 10.3. The highest BCUT2D eigenvalue weighted by Crippen LogP contribution is 2.44. The van der Waals surface area contributed by atoms with Crippen LogP contribution in [-0.2, 0) is 19.1 Å². The Hall–Kier alpha value is -3.27. The molecule has 2 saturated heterocycles. The van der Waals surface area contributed by atoms with Crippen LogP contribution < -0.4 is 10.9 Å². The zero-order valence-electron chi connectivity index (χ0n) is 28.5. The smallest absolute Gasteiger partial charge is 0.329 e. The van der Waals surface area contributed by atoms with E-state index in [4.69, 9.17) is 9.47 Å². The third-order valence-corrected chi connectivity index (χ3v) is 9.42. The van der Waals surface area contributed by atoms with E-state index in [1.807, 2.05) is 18.2 Å². The Kier molecular flexibility index (Phi) is 10.3. The second kappa shape index (κ2) is 13.8. The second-order valence-corrected chi connectivity index (χ2v) is 15.4. The maximum Gasteiger partial charge on any atom is 0.329 e. The molecule has 1 aliphatic carbocycles. The maximum atomic E-state index is 14.2. The minimum Gasteiger partial charge on any atom is -0.460 e. The molecular formula is C36H52N4O6. The Bertz CT molecular complexity index is 1470. The van der Waals surface area contributed by atoms with Crippen LogP contribution in [0.1, 0.15) is 135 Å². The Morgan fingerprint density at radius 2 is 1.41 bits per heavy atom. The van der Waals surface area contributed by atoms with E-state index < -0.39 is 47.1 Å². The quantitative estimate of drug-likeness (QED) is 0.376. The summed E-state index contributed by atoms with van der Waals surface area (Å²) in [6.07, 6.45) is 12.6. The molecule has 0 spiro atoms. The molecule has 1 amide bonds. The highest BCUT2D eigenvalue weighted by Gasteiger charge is 2.45. The van der Waals surface area contributed by atoms with Gasteiger partial charge in [-0.05, 0) is 92.2 Å². The van der Waals surface area contributed by atoms with Crippen LogP contribution in [0.5, 0.6) is 0 Å². The predicted octanol–water partition coefficient (Wildman–Crippen LogP) is 5.85. The lowest BCUT2D eigenvalue weighted by molar-refractivity contribution is -0.164. The molecule has 1 unspecified atom stereocenters. The summed E-state index contributed by atoms with van der Waals surface area (Å²) < 4.78 is 12.7. The Morgan fingerprint density at radius 3 is 2.02 bits per heavy atom. The monoisotopic (exact) mass is 636 g/mol. The van der Waals surface area contributed by atoms with Gasteiger partial charge in [0.25, 0.3) is 11.5 Å². The van der Waals surface area contributed by atoms with Crippen molar-refractivity contribution in [3.05, 3.63) is 40.3 Å². The number of hydrogen-bond acceptors (Lipinski definition) is 8. The molecule has 2 aliphatic heterocycles. The van der Waals surface area contributed by atoms with Gasteiger partial charge in [0, 0.05) is 24.2 Å². The normalized spacial score (nSPS) is 23.7. The number of para-hydroxylation sites is 2. The van der Waals surface area contributed by atoms with Crippen molar-refractivity contribution in [2.75, 3.05) is 0 Å². The first kappa shape index (κ1) is 34.1. The van der Waals surface area contributed by atoms with Crippen molar-refractivity contribution in [1.82, 2.24) is 19.8 Å². The van der Waals surface area contributed by atoms with Crippen molar-refractivity contribution in [3.63, 3.8) is 0 Å². The summed E-state index contributed by atoms with van der Waals surface area (Å²) >= 11 is 0. The Labute approximate surface area is 272 Å². The number of carbonyl (C=O) groups excluding carboxylic acids is 3. The van der Waals surface area contributed by atoms with E-state index in [-0.39, 0.29) is 11.7 Å². The number of carbonyl (C=O) groups is 3. The van der Waals surface area contributed by atoms with E-state index in [0.717, 1.165) is 25.7 Å². The lowest BCUT2D eigenvalue weighted by Crippen LogP contribution is -2.51. The molecule has 1 N–H and O–H groups in total. The van der Waals surface area contributed by atoms with Gasteiger partial charge in [0.1, 0.15) is 17.2 Å². The van der Waals surface area contributed by atoms with E-state index in [1.165, 1.54) is 44.9 Å². The highest BCUT2D eigenvalue weighted by molar-refractivity contribution is 5.97. The molecule has 10 nitrogen and oxygen atoms in total. The third-order valence-electron chi connectivity index (χ3n) is 9.42. The fourth-order valence-corrected chi connectivity index (χ4v) is 7.73. The fourth-order valence-electron chi connectivity index (χ4n) is 7.73. The van der Waals surface area contributed by atoms with Crippen molar-refractivity contribution < 1.29 is 23.9 Å². The maximum absolute atomic E-state index is 14.2. The van der Waals surface area contributed by atoms with Crippen LogP contribution in [-0.4, -0.2) is 67.7 Å². The molecule has 3 aliphatic rings. The molecule has 46 heavy (non-hydrogen) atoms. The molecule has 252 valence electrons. The first-order valence-electron chi connectivity index (χ1n) is 17.2. The van der Waals surface area contributed by atoms with Crippen LogP contribution in [0.2, 0.25) is 0 Å². The van der Waals surface area contributed by atoms with E-state index in [9.17, 15) is 19.2 Å². The number of benzene rings is 1. The molecule has 2 aromatic rings. The van der Waals surface area contributed by atoms with Gasteiger partial charge < -0.3 is 19.4 Å². The van der Waals surface area contributed by atoms with Crippen LogP contribution in [0.15, 0.2) is 29.1 Å². The first-order valence-corrected chi connectivity index (χ1v) is 17.2. The number of hydrogen-bond donors (Lipinski definition) is 1. The van der Waals surface area contributed by atoms with Gasteiger partial charge in [0.2, 0.25) is 0 Å². The number of nitrogens with zero attached hydrogens (tertiary/aromatic N) is 3. The highest BCUT2D eigenvalue weighted by atomic mass is 16.6. The van der Waals surface area contributed by atoms with Crippen molar-refractivity contribution in [2.45, 2.75) is 160 Å². The zero-order chi connectivity index (χ0) is 33.2. The number of ether oxygens (including phenoxy) is 2. The van der Waals surface area contributed by atoms with Crippen molar-refractivity contribution in [1.29, 1.82) is 0 Å².